The van der Waals surface area contributed by atoms with E-state index in [9.17, 15) is 10.2 Å². The molecule has 1 aromatic rings. The lowest BCUT2D eigenvalue weighted by atomic mass is 10.00. The maximum Gasteiger partial charge on any atom is 0.134 e. The first-order valence-corrected chi connectivity index (χ1v) is 6.17. The molecular weight excluding hydrogens is 361 g/mol. The van der Waals surface area contributed by atoms with Crippen LogP contribution in [-0.2, 0) is 0 Å². The summed E-state index contributed by atoms with van der Waals surface area (Å²) in [6.07, 6.45) is -0.109. The van der Waals surface area contributed by atoms with E-state index in [4.69, 9.17) is 5.73 Å². The lowest BCUT2D eigenvalue weighted by molar-refractivity contribution is 0.139. The zero-order valence-electron chi connectivity index (χ0n) is 8.65. The topological polar surface area (TPSA) is 66.5 Å². The van der Waals surface area contributed by atoms with Gasteiger partial charge in [0.1, 0.15) is 5.75 Å². The van der Waals surface area contributed by atoms with Gasteiger partial charge in [-0.05, 0) is 34.5 Å². The molecule has 2 atom stereocenters. The van der Waals surface area contributed by atoms with Gasteiger partial charge in [0.15, 0.2) is 0 Å². The van der Waals surface area contributed by atoms with E-state index < -0.39 is 12.1 Å². The fraction of sp³-hybridized carbons (Fsp3) is 0.400. The van der Waals surface area contributed by atoms with E-state index >= 15 is 0 Å². The largest absolute Gasteiger partial charge is 0.506 e. The Bertz CT molecular complexity index is 363. The Morgan fingerprint density at radius 2 is 1.94 bits per heavy atom. The number of benzene rings is 1. The Morgan fingerprint density at radius 1 is 1.38 bits per heavy atom. The molecule has 4 N–H and O–H groups in total. The number of aliphatic hydroxyl groups excluding tert-OH is 1. The second-order valence-electron chi connectivity index (χ2n) is 3.33. The molecule has 92 valence electrons. The molecule has 3 nitrogen and oxygen atoms in total. The van der Waals surface area contributed by atoms with Gasteiger partial charge in [0, 0.05) is 10.0 Å². The first-order valence-electron chi connectivity index (χ1n) is 4.59. The Labute approximate surface area is 118 Å². The zero-order chi connectivity index (χ0) is 11.6. The summed E-state index contributed by atoms with van der Waals surface area (Å²) in [4.78, 5) is 0. The highest BCUT2D eigenvalue weighted by atomic mass is 79.9. The van der Waals surface area contributed by atoms with Crippen LogP contribution in [0.4, 0.5) is 0 Å². The smallest absolute Gasteiger partial charge is 0.134 e. The molecule has 1 rings (SSSR count). The highest BCUT2D eigenvalue weighted by Gasteiger charge is 2.20. The van der Waals surface area contributed by atoms with Crippen molar-refractivity contribution in [3.05, 3.63) is 26.6 Å². The van der Waals surface area contributed by atoms with Crippen LogP contribution in [0.1, 0.15) is 24.9 Å². The molecule has 0 saturated carbocycles. The number of aromatic hydroxyl groups is 1. The number of halogens is 3. The van der Waals surface area contributed by atoms with Crippen LogP contribution in [0.2, 0.25) is 0 Å². The number of phenols is 1. The van der Waals surface area contributed by atoms with Gasteiger partial charge in [-0.1, -0.05) is 22.9 Å². The molecule has 0 aliphatic carbocycles. The summed E-state index contributed by atoms with van der Waals surface area (Å²) < 4.78 is 1.37. The molecule has 0 aliphatic heterocycles. The van der Waals surface area contributed by atoms with Gasteiger partial charge >= 0.3 is 0 Å². The first kappa shape index (κ1) is 16.2. The highest BCUT2D eigenvalue weighted by Crippen LogP contribution is 2.35. The average Bonchev–Trinajstić information content (AvgIpc) is 2.21. The summed E-state index contributed by atoms with van der Waals surface area (Å²) in [5.74, 6) is 0.0817. The third-order valence-corrected chi connectivity index (χ3v) is 3.31. The minimum absolute atomic E-state index is 0. The summed E-state index contributed by atoms with van der Waals surface area (Å²) in [6.45, 7) is 1.84. The summed E-state index contributed by atoms with van der Waals surface area (Å²) >= 11 is 6.53. The number of aliphatic hydroxyl groups is 1. The van der Waals surface area contributed by atoms with E-state index in [0.29, 0.717) is 16.5 Å². The summed E-state index contributed by atoms with van der Waals surface area (Å²) in [5, 5.41) is 19.4. The molecule has 0 saturated heterocycles. The molecule has 0 aliphatic rings. The normalized spacial score (nSPS) is 14.1. The van der Waals surface area contributed by atoms with Crippen LogP contribution in [0.15, 0.2) is 21.1 Å². The molecule has 1 aromatic carbocycles. The fourth-order valence-electron chi connectivity index (χ4n) is 1.30. The van der Waals surface area contributed by atoms with Crippen LogP contribution < -0.4 is 5.73 Å². The molecule has 0 aromatic heterocycles. The van der Waals surface area contributed by atoms with Crippen molar-refractivity contribution in [1.29, 1.82) is 0 Å². The molecular formula is C10H14Br2ClNO2. The van der Waals surface area contributed by atoms with Crippen molar-refractivity contribution in [3.8, 4) is 5.75 Å². The van der Waals surface area contributed by atoms with E-state index in [1.54, 1.807) is 12.1 Å². The zero-order valence-corrected chi connectivity index (χ0v) is 12.6. The van der Waals surface area contributed by atoms with Crippen LogP contribution in [-0.4, -0.2) is 16.3 Å². The Balaban J connectivity index is 0.00000225. The monoisotopic (exact) mass is 373 g/mol. The van der Waals surface area contributed by atoms with Crippen molar-refractivity contribution < 1.29 is 10.2 Å². The highest BCUT2D eigenvalue weighted by molar-refractivity contribution is 9.11. The van der Waals surface area contributed by atoms with E-state index in [1.807, 2.05) is 6.92 Å². The van der Waals surface area contributed by atoms with E-state index in [1.165, 1.54) is 0 Å². The van der Waals surface area contributed by atoms with Gasteiger partial charge in [-0.25, -0.2) is 0 Å². The Morgan fingerprint density at radius 3 is 2.44 bits per heavy atom. The van der Waals surface area contributed by atoms with Crippen molar-refractivity contribution in [2.45, 2.75) is 25.5 Å². The molecule has 0 fully saturated rings. The second kappa shape index (κ2) is 6.81. The van der Waals surface area contributed by atoms with Gasteiger partial charge in [-0.15, -0.1) is 12.4 Å². The number of hydrogen-bond donors (Lipinski definition) is 3. The fourth-order valence-corrected chi connectivity index (χ4v) is 2.56. The number of phenolic OH excluding ortho intramolecular Hbond substituents is 1. The molecule has 0 unspecified atom stereocenters. The van der Waals surface area contributed by atoms with Crippen LogP contribution in [0.25, 0.3) is 0 Å². The van der Waals surface area contributed by atoms with Gasteiger partial charge in [0.25, 0.3) is 0 Å². The lowest BCUT2D eigenvalue weighted by Gasteiger charge is -2.19. The van der Waals surface area contributed by atoms with Crippen molar-refractivity contribution in [2.24, 2.45) is 5.73 Å². The average molecular weight is 375 g/mol. The number of hydrogen-bond acceptors (Lipinski definition) is 3. The quantitative estimate of drug-likeness (QED) is 0.761. The molecule has 6 heteroatoms. The molecule has 0 amide bonds. The lowest BCUT2D eigenvalue weighted by Crippen LogP contribution is -2.25. The van der Waals surface area contributed by atoms with Gasteiger partial charge in [-0.2, -0.15) is 0 Å². The predicted molar refractivity (Wildman–Crippen MR) is 74.0 cm³/mol. The van der Waals surface area contributed by atoms with Crippen molar-refractivity contribution in [2.75, 3.05) is 0 Å². The first-order chi connectivity index (χ1) is 6.97. The summed E-state index contributed by atoms with van der Waals surface area (Å²) in [5.41, 5.74) is 6.37. The molecule has 0 spiro atoms. The van der Waals surface area contributed by atoms with Gasteiger partial charge < -0.3 is 15.9 Å². The van der Waals surface area contributed by atoms with E-state index in [2.05, 4.69) is 31.9 Å². The van der Waals surface area contributed by atoms with Gasteiger partial charge in [0.05, 0.1) is 16.6 Å². The van der Waals surface area contributed by atoms with E-state index in [0.717, 1.165) is 4.47 Å². The van der Waals surface area contributed by atoms with Crippen molar-refractivity contribution in [3.63, 3.8) is 0 Å². The molecule has 16 heavy (non-hydrogen) atoms. The predicted octanol–water partition coefficient (Wildman–Crippen LogP) is 3.11. The van der Waals surface area contributed by atoms with Crippen LogP contribution >= 0.6 is 44.3 Å². The van der Waals surface area contributed by atoms with Crippen molar-refractivity contribution >= 4 is 44.3 Å². The minimum Gasteiger partial charge on any atom is -0.506 e. The Hall–Kier alpha value is 0.190. The SMILES string of the molecule is CC[C@H](O)[C@H](N)c1cc(Br)cc(Br)c1O.Cl. The number of nitrogens with two attached hydrogens (primary N) is 1. The molecule has 0 heterocycles. The maximum absolute atomic E-state index is 9.78. The van der Waals surface area contributed by atoms with Crippen LogP contribution in [0, 0.1) is 0 Å². The Kier molecular flexibility index (Phi) is 6.89. The molecule has 0 radical (unpaired) electrons. The maximum atomic E-state index is 9.78. The van der Waals surface area contributed by atoms with Crippen LogP contribution in [0.3, 0.4) is 0 Å². The number of rotatable bonds is 3. The second-order valence-corrected chi connectivity index (χ2v) is 5.10. The van der Waals surface area contributed by atoms with Crippen LogP contribution in [0.5, 0.6) is 5.75 Å². The summed E-state index contributed by atoms with van der Waals surface area (Å²) in [7, 11) is 0. The standard InChI is InChI=1S/C10H13Br2NO2.ClH/c1-2-8(14)9(13)6-3-5(11)4-7(12)10(6)15;/h3-4,8-9,14-15H,2,13H2,1H3;1H/t8-,9+;/m0./s1. The van der Waals surface area contributed by atoms with Gasteiger partial charge in [0.2, 0.25) is 0 Å². The van der Waals surface area contributed by atoms with E-state index in [-0.39, 0.29) is 18.2 Å². The van der Waals surface area contributed by atoms with Gasteiger partial charge in [-0.3, -0.25) is 0 Å². The van der Waals surface area contributed by atoms with Crippen molar-refractivity contribution in [1.82, 2.24) is 0 Å². The third kappa shape index (κ3) is 3.60. The summed E-state index contributed by atoms with van der Waals surface area (Å²) in [6, 6.07) is 2.86. The minimum atomic E-state index is -0.655. The molecule has 0 bridgehead atoms. The third-order valence-electron chi connectivity index (χ3n) is 2.25.